The molecule has 1 atom stereocenters. The molecule has 1 aromatic rings. The van der Waals surface area contributed by atoms with Gasteiger partial charge in [-0.15, -0.1) is 0 Å². The Bertz CT molecular complexity index is 330. The summed E-state index contributed by atoms with van der Waals surface area (Å²) in [6.45, 7) is 4.01. The van der Waals surface area contributed by atoms with Gasteiger partial charge in [0.05, 0.1) is 6.04 Å². The van der Waals surface area contributed by atoms with Crippen LogP contribution in [-0.2, 0) is 11.3 Å². The van der Waals surface area contributed by atoms with Gasteiger partial charge in [0.25, 0.3) is 0 Å². The third-order valence-corrected chi connectivity index (χ3v) is 1.86. The number of hydrogen-bond donors (Lipinski definition) is 1. The van der Waals surface area contributed by atoms with Crippen molar-refractivity contribution in [2.45, 2.75) is 26.4 Å². The van der Waals surface area contributed by atoms with Gasteiger partial charge < -0.3 is 5.32 Å². The van der Waals surface area contributed by atoms with Gasteiger partial charge in [-0.1, -0.05) is 0 Å². The summed E-state index contributed by atoms with van der Waals surface area (Å²) < 4.78 is 1.65. The first-order valence-electron chi connectivity index (χ1n) is 3.87. The van der Waals surface area contributed by atoms with E-state index < -0.39 is 0 Å². The Morgan fingerprint density at radius 2 is 2.42 bits per heavy atom. The lowest BCUT2D eigenvalue weighted by Crippen LogP contribution is -2.37. The summed E-state index contributed by atoms with van der Waals surface area (Å²) in [5, 5.41) is 6.88. The highest BCUT2D eigenvalue weighted by Gasteiger charge is 2.23. The Labute approximate surface area is 69.8 Å². The molecule has 0 unspecified atom stereocenters. The lowest BCUT2D eigenvalue weighted by molar-refractivity contribution is -0.123. The van der Waals surface area contributed by atoms with E-state index in [-0.39, 0.29) is 11.9 Å². The van der Waals surface area contributed by atoms with Crippen LogP contribution in [0.5, 0.6) is 0 Å². The quantitative estimate of drug-likeness (QED) is 0.579. The molecule has 0 aliphatic carbocycles. The van der Waals surface area contributed by atoms with Crippen LogP contribution in [0.3, 0.4) is 0 Å². The Morgan fingerprint density at radius 3 is 3.17 bits per heavy atom. The lowest BCUT2D eigenvalue weighted by atomic mass is 10.2. The molecule has 12 heavy (non-hydrogen) atoms. The first kappa shape index (κ1) is 7.27. The molecule has 5 heteroatoms. The second-order valence-electron chi connectivity index (χ2n) is 2.96. The summed E-state index contributed by atoms with van der Waals surface area (Å²) in [7, 11) is 0. The molecule has 2 rings (SSSR count). The fourth-order valence-corrected chi connectivity index (χ4v) is 1.40. The van der Waals surface area contributed by atoms with Crippen LogP contribution in [-0.4, -0.2) is 20.7 Å². The number of aromatic nitrogens is 3. The van der Waals surface area contributed by atoms with Crippen molar-refractivity contribution in [1.82, 2.24) is 20.1 Å². The summed E-state index contributed by atoms with van der Waals surface area (Å²) in [6.07, 6.45) is 0. The summed E-state index contributed by atoms with van der Waals surface area (Å²) in [5.41, 5.74) is 0. The first-order chi connectivity index (χ1) is 5.66. The van der Waals surface area contributed by atoms with Crippen molar-refractivity contribution in [2.75, 3.05) is 0 Å². The molecular formula is C7H10N4O. The number of hydrogen-bond acceptors (Lipinski definition) is 3. The normalized spacial score (nSPS) is 21.8. The fraction of sp³-hybridized carbons (Fsp3) is 0.571. The topological polar surface area (TPSA) is 59.8 Å². The zero-order chi connectivity index (χ0) is 8.72. The van der Waals surface area contributed by atoms with Crippen molar-refractivity contribution in [3.8, 4) is 0 Å². The summed E-state index contributed by atoms with van der Waals surface area (Å²) in [6, 6.07) is -0.0209. The highest BCUT2D eigenvalue weighted by Crippen LogP contribution is 2.13. The number of carbonyl (C=O) groups excluding carboxylic acids is 1. The van der Waals surface area contributed by atoms with E-state index in [0.29, 0.717) is 12.4 Å². The molecule has 1 aliphatic heterocycles. The van der Waals surface area contributed by atoms with Crippen molar-refractivity contribution in [3.63, 3.8) is 0 Å². The van der Waals surface area contributed by atoms with Gasteiger partial charge in [0, 0.05) is 0 Å². The van der Waals surface area contributed by atoms with E-state index in [1.54, 1.807) is 4.68 Å². The Kier molecular flexibility index (Phi) is 1.39. The van der Waals surface area contributed by atoms with Crippen molar-refractivity contribution in [1.29, 1.82) is 0 Å². The molecule has 0 saturated heterocycles. The summed E-state index contributed by atoms with van der Waals surface area (Å²) >= 11 is 0. The smallest absolute Gasteiger partial charge is 0.242 e. The van der Waals surface area contributed by atoms with Crippen molar-refractivity contribution >= 4 is 5.91 Å². The molecule has 1 aromatic heterocycles. The standard InChI is InChI=1S/C7H10N4O/c1-4-7-9-5(2)10-11(7)3-6(12)8-4/h4H,3H2,1-2H3,(H,8,12)/t4-/m1/s1. The molecule has 1 amide bonds. The lowest BCUT2D eigenvalue weighted by Gasteiger charge is -2.19. The number of aryl methyl sites for hydroxylation is 1. The van der Waals surface area contributed by atoms with Crippen LogP contribution in [0.15, 0.2) is 0 Å². The molecule has 0 aromatic carbocycles. The maximum Gasteiger partial charge on any atom is 0.242 e. The molecular weight excluding hydrogens is 156 g/mol. The zero-order valence-corrected chi connectivity index (χ0v) is 7.03. The van der Waals surface area contributed by atoms with Gasteiger partial charge in [0.2, 0.25) is 5.91 Å². The van der Waals surface area contributed by atoms with E-state index in [4.69, 9.17) is 0 Å². The molecule has 64 valence electrons. The predicted molar refractivity (Wildman–Crippen MR) is 41.3 cm³/mol. The minimum absolute atomic E-state index is 0.0000926. The largest absolute Gasteiger partial charge is 0.345 e. The molecule has 0 radical (unpaired) electrons. The maximum atomic E-state index is 11.0. The number of amides is 1. The highest BCUT2D eigenvalue weighted by molar-refractivity contribution is 5.77. The van der Waals surface area contributed by atoms with Gasteiger partial charge in [-0.25, -0.2) is 9.67 Å². The number of fused-ring (bicyclic) bond motifs is 1. The van der Waals surface area contributed by atoms with E-state index >= 15 is 0 Å². The van der Waals surface area contributed by atoms with Gasteiger partial charge in [-0.2, -0.15) is 5.10 Å². The third-order valence-electron chi connectivity index (χ3n) is 1.86. The molecule has 0 spiro atoms. The van der Waals surface area contributed by atoms with E-state index in [9.17, 15) is 4.79 Å². The van der Waals surface area contributed by atoms with Crippen LogP contribution >= 0.6 is 0 Å². The molecule has 0 fully saturated rings. The average molecular weight is 166 g/mol. The third kappa shape index (κ3) is 0.975. The summed E-state index contributed by atoms with van der Waals surface area (Å²) in [5.74, 6) is 1.56. The van der Waals surface area contributed by atoms with Crippen LogP contribution in [0, 0.1) is 6.92 Å². The minimum atomic E-state index is -0.0209. The first-order valence-corrected chi connectivity index (χ1v) is 3.87. The average Bonchev–Trinajstić information content (AvgIpc) is 2.29. The molecule has 5 nitrogen and oxygen atoms in total. The second kappa shape index (κ2) is 2.30. The minimum Gasteiger partial charge on any atom is -0.345 e. The highest BCUT2D eigenvalue weighted by atomic mass is 16.2. The Balaban J connectivity index is 2.46. The number of nitrogens with zero attached hydrogens (tertiary/aromatic N) is 3. The number of carbonyl (C=O) groups is 1. The van der Waals surface area contributed by atoms with Crippen molar-refractivity contribution in [2.24, 2.45) is 0 Å². The van der Waals surface area contributed by atoms with Gasteiger partial charge >= 0.3 is 0 Å². The summed E-state index contributed by atoms with van der Waals surface area (Å²) in [4.78, 5) is 15.2. The molecule has 1 aliphatic rings. The number of nitrogens with one attached hydrogen (secondary N) is 1. The molecule has 0 bridgehead atoms. The van der Waals surface area contributed by atoms with E-state index in [0.717, 1.165) is 5.82 Å². The fourth-order valence-electron chi connectivity index (χ4n) is 1.40. The zero-order valence-electron chi connectivity index (χ0n) is 7.03. The SMILES string of the molecule is Cc1nc2n(n1)CC(=O)N[C@@H]2C. The van der Waals surface area contributed by atoms with Gasteiger partial charge in [-0.3, -0.25) is 4.79 Å². The predicted octanol–water partition coefficient (Wildman–Crippen LogP) is -0.223. The Hall–Kier alpha value is -1.39. The van der Waals surface area contributed by atoms with E-state index in [1.807, 2.05) is 13.8 Å². The van der Waals surface area contributed by atoms with Gasteiger partial charge in [-0.05, 0) is 13.8 Å². The molecule has 1 N–H and O–H groups in total. The van der Waals surface area contributed by atoms with Crippen LogP contribution < -0.4 is 5.32 Å². The molecule has 2 heterocycles. The van der Waals surface area contributed by atoms with Crippen LogP contribution in [0.25, 0.3) is 0 Å². The van der Waals surface area contributed by atoms with Crippen LogP contribution in [0.1, 0.15) is 24.6 Å². The van der Waals surface area contributed by atoms with Crippen molar-refractivity contribution in [3.05, 3.63) is 11.6 Å². The van der Waals surface area contributed by atoms with Gasteiger partial charge in [0.15, 0.2) is 0 Å². The Morgan fingerprint density at radius 1 is 1.67 bits per heavy atom. The monoisotopic (exact) mass is 166 g/mol. The molecule has 0 saturated carbocycles. The van der Waals surface area contributed by atoms with Crippen LogP contribution in [0.4, 0.5) is 0 Å². The maximum absolute atomic E-state index is 11.0. The van der Waals surface area contributed by atoms with Gasteiger partial charge in [0.1, 0.15) is 18.2 Å². The second-order valence-corrected chi connectivity index (χ2v) is 2.96. The van der Waals surface area contributed by atoms with Crippen LogP contribution in [0.2, 0.25) is 0 Å². The van der Waals surface area contributed by atoms with E-state index in [2.05, 4.69) is 15.4 Å². The van der Waals surface area contributed by atoms with E-state index in [1.165, 1.54) is 0 Å². The number of rotatable bonds is 0. The van der Waals surface area contributed by atoms with Crippen molar-refractivity contribution < 1.29 is 4.79 Å².